The molecule has 3 rings (SSSR count). The van der Waals surface area contributed by atoms with Crippen molar-refractivity contribution in [2.75, 3.05) is 6.61 Å². The van der Waals surface area contributed by atoms with Crippen molar-refractivity contribution in [3.63, 3.8) is 0 Å². The van der Waals surface area contributed by atoms with E-state index in [4.69, 9.17) is 4.74 Å². The van der Waals surface area contributed by atoms with Gasteiger partial charge in [-0.15, -0.1) is 5.73 Å². The van der Waals surface area contributed by atoms with Gasteiger partial charge >= 0.3 is 12.1 Å². The first-order valence-corrected chi connectivity index (χ1v) is 10.5. The number of rotatable bonds is 5. The first kappa shape index (κ1) is 23.4. The van der Waals surface area contributed by atoms with Crippen LogP contribution in [0.5, 0.6) is 0 Å². The van der Waals surface area contributed by atoms with E-state index in [2.05, 4.69) is 36.3 Å². The van der Waals surface area contributed by atoms with E-state index >= 15 is 0 Å². The highest BCUT2D eigenvalue weighted by molar-refractivity contribution is 5.75. The number of nitrogens with zero attached hydrogens (tertiary/aromatic N) is 3. The molecule has 2 bridgehead atoms. The van der Waals surface area contributed by atoms with Gasteiger partial charge in [-0.2, -0.15) is 10.5 Å². The van der Waals surface area contributed by atoms with E-state index in [1.807, 2.05) is 30.3 Å². The molecular formula is C26H23N3O4. The highest BCUT2D eigenvalue weighted by Gasteiger charge is 2.52. The van der Waals surface area contributed by atoms with Gasteiger partial charge in [0.15, 0.2) is 12.0 Å². The third-order valence-electron chi connectivity index (χ3n) is 6.07. The molecular weight excluding hydrogens is 418 g/mol. The largest absolute Gasteiger partial charge is 0.465 e. The highest BCUT2D eigenvalue weighted by Crippen LogP contribution is 2.50. The number of carboxylic acid groups (broad SMARTS) is 1. The van der Waals surface area contributed by atoms with E-state index in [0.29, 0.717) is 24.0 Å². The van der Waals surface area contributed by atoms with E-state index in [1.165, 1.54) is 11.8 Å². The second-order valence-corrected chi connectivity index (χ2v) is 7.90. The van der Waals surface area contributed by atoms with Gasteiger partial charge in [-0.25, -0.2) is 4.79 Å². The monoisotopic (exact) mass is 441 g/mol. The second-order valence-electron chi connectivity index (χ2n) is 7.90. The molecule has 1 amide bonds. The van der Waals surface area contributed by atoms with E-state index < -0.39 is 35.5 Å². The van der Waals surface area contributed by atoms with Crippen LogP contribution in [0, 0.1) is 45.8 Å². The lowest BCUT2D eigenvalue weighted by atomic mass is 9.67. The quantitative estimate of drug-likeness (QED) is 0.321. The normalized spacial score (nSPS) is 20.8. The lowest BCUT2D eigenvalue weighted by Crippen LogP contribution is -2.49. The molecule has 0 saturated carbocycles. The van der Waals surface area contributed by atoms with Crippen molar-refractivity contribution in [3.05, 3.63) is 59.9 Å². The summed E-state index contributed by atoms with van der Waals surface area (Å²) in [5.41, 5.74) is 3.32. The first-order valence-electron chi connectivity index (χ1n) is 10.5. The van der Waals surface area contributed by atoms with E-state index in [-0.39, 0.29) is 13.0 Å². The Morgan fingerprint density at radius 3 is 2.48 bits per heavy atom. The minimum Gasteiger partial charge on any atom is -0.465 e. The van der Waals surface area contributed by atoms with Crippen molar-refractivity contribution in [1.82, 2.24) is 4.90 Å². The summed E-state index contributed by atoms with van der Waals surface area (Å²) in [5.74, 6) is 4.42. The Bertz CT molecular complexity index is 1160. The molecule has 3 atom stereocenters. The molecule has 7 heteroatoms. The fraction of sp³-hybridized carbons (Fsp3) is 0.346. The summed E-state index contributed by atoms with van der Waals surface area (Å²) in [5, 5.41) is 30.2. The molecule has 1 aromatic carbocycles. The van der Waals surface area contributed by atoms with Gasteiger partial charge in [-0.3, -0.25) is 9.69 Å². The lowest BCUT2D eigenvalue weighted by molar-refractivity contribution is -0.139. The molecule has 2 aliphatic rings. The predicted molar refractivity (Wildman–Crippen MR) is 120 cm³/mol. The Kier molecular flexibility index (Phi) is 7.04. The zero-order valence-electron chi connectivity index (χ0n) is 18.2. The molecule has 2 aliphatic heterocycles. The van der Waals surface area contributed by atoms with Crippen molar-refractivity contribution in [3.8, 4) is 24.0 Å². The van der Waals surface area contributed by atoms with Gasteiger partial charge in [-0.1, -0.05) is 54.8 Å². The molecule has 1 saturated heterocycles. The summed E-state index contributed by atoms with van der Waals surface area (Å²) in [6.45, 7) is 4.97. The van der Waals surface area contributed by atoms with Crippen LogP contribution in [0.3, 0.4) is 0 Å². The maximum absolute atomic E-state index is 12.1. The first-order chi connectivity index (χ1) is 15.9. The molecule has 0 aromatic heterocycles. The average molecular weight is 441 g/mol. The van der Waals surface area contributed by atoms with E-state index in [9.17, 15) is 25.2 Å². The third kappa shape index (κ3) is 4.53. The number of hydrogen-bond donors (Lipinski definition) is 1. The van der Waals surface area contributed by atoms with E-state index in [1.54, 1.807) is 6.08 Å². The van der Waals surface area contributed by atoms with Crippen LogP contribution in [0.2, 0.25) is 0 Å². The zero-order chi connectivity index (χ0) is 24.0. The molecule has 3 unspecified atom stereocenters. The standard InChI is InChI=1S/C26H23N3O4/c1-3-21(19-9-5-4-6-10-19)24-22(15-20-11-12-23(24)29(20)25(31)32)26(16-27,17-28)13-7-8-14-33-18(2)30/h4-6,9-10,15,20,23-24H,1,11-14H2,2H3,(H,31,32). The van der Waals surface area contributed by atoms with Gasteiger partial charge in [0.1, 0.15) is 0 Å². The van der Waals surface area contributed by atoms with Crippen molar-refractivity contribution in [2.45, 2.75) is 38.3 Å². The minimum absolute atomic E-state index is 0.102. The Morgan fingerprint density at radius 1 is 1.21 bits per heavy atom. The van der Waals surface area contributed by atoms with Crippen LogP contribution >= 0.6 is 0 Å². The number of ether oxygens (including phenoxy) is 1. The van der Waals surface area contributed by atoms with Gasteiger partial charge in [0, 0.05) is 30.9 Å². The molecule has 1 fully saturated rings. The van der Waals surface area contributed by atoms with Gasteiger partial charge < -0.3 is 9.84 Å². The average Bonchev–Trinajstić information content (AvgIpc) is 3.14. The number of amides is 1. The number of carbonyl (C=O) groups excluding carboxylic acids is 1. The lowest BCUT2D eigenvalue weighted by Gasteiger charge is -2.41. The Morgan fingerprint density at radius 2 is 1.91 bits per heavy atom. The molecule has 1 aromatic rings. The van der Waals surface area contributed by atoms with Crippen LogP contribution in [0.1, 0.15) is 31.7 Å². The molecule has 1 N–H and O–H groups in total. The SMILES string of the molecule is C=C=C(c1ccccc1)C1C(C(C#N)(C#N)CC#CCOC(C)=O)=CC2CCC1N2C(=O)O. The molecule has 33 heavy (non-hydrogen) atoms. The Labute approximate surface area is 192 Å². The number of hydrogen-bond acceptors (Lipinski definition) is 5. The zero-order valence-corrected chi connectivity index (χ0v) is 18.2. The smallest absolute Gasteiger partial charge is 0.408 e. The molecule has 0 spiro atoms. The number of nitriles is 2. The summed E-state index contributed by atoms with van der Waals surface area (Å²) in [7, 11) is 0. The number of esters is 1. The molecule has 2 heterocycles. The van der Waals surface area contributed by atoms with Crippen molar-refractivity contribution in [2.24, 2.45) is 11.3 Å². The van der Waals surface area contributed by atoms with Crippen LogP contribution in [0.25, 0.3) is 5.57 Å². The fourth-order valence-corrected chi connectivity index (χ4v) is 4.64. The maximum Gasteiger partial charge on any atom is 0.408 e. The topological polar surface area (TPSA) is 114 Å². The summed E-state index contributed by atoms with van der Waals surface area (Å²) in [6, 6.07) is 12.7. The summed E-state index contributed by atoms with van der Waals surface area (Å²) in [6.07, 6.45) is 1.78. The van der Waals surface area contributed by atoms with Crippen molar-refractivity contribution >= 4 is 17.6 Å². The van der Waals surface area contributed by atoms with Crippen LogP contribution in [0.4, 0.5) is 4.79 Å². The molecule has 0 radical (unpaired) electrons. The van der Waals surface area contributed by atoms with Gasteiger partial charge in [-0.05, 0) is 24.0 Å². The summed E-state index contributed by atoms with van der Waals surface area (Å²) < 4.78 is 4.80. The van der Waals surface area contributed by atoms with Crippen molar-refractivity contribution in [1.29, 1.82) is 10.5 Å². The highest BCUT2D eigenvalue weighted by atomic mass is 16.5. The minimum atomic E-state index is -1.60. The van der Waals surface area contributed by atoms with Gasteiger partial charge in [0.25, 0.3) is 0 Å². The number of carbonyl (C=O) groups is 2. The van der Waals surface area contributed by atoms with Crippen molar-refractivity contribution < 1.29 is 19.4 Å². The van der Waals surface area contributed by atoms with Gasteiger partial charge in [0.05, 0.1) is 18.2 Å². The number of fused-ring (bicyclic) bond motifs is 2. The van der Waals surface area contributed by atoms with Gasteiger partial charge in [0.2, 0.25) is 0 Å². The molecule has 0 aliphatic carbocycles. The number of benzene rings is 1. The fourth-order valence-electron chi connectivity index (χ4n) is 4.64. The van der Waals surface area contributed by atoms with Crippen LogP contribution in [0.15, 0.2) is 54.3 Å². The third-order valence-corrected chi connectivity index (χ3v) is 6.07. The summed E-state index contributed by atoms with van der Waals surface area (Å²) in [4.78, 5) is 24.4. The van der Waals surface area contributed by atoms with E-state index in [0.717, 1.165) is 5.56 Å². The van der Waals surface area contributed by atoms with Crippen LogP contribution in [-0.2, 0) is 9.53 Å². The molecule has 166 valence electrons. The Balaban J connectivity index is 2.11. The second kappa shape index (κ2) is 9.92. The molecule has 7 nitrogen and oxygen atoms in total. The van der Waals surface area contributed by atoms with Crippen LogP contribution in [-0.4, -0.2) is 40.8 Å². The maximum atomic E-state index is 12.1. The Hall–Kier alpha value is -4.24. The summed E-state index contributed by atoms with van der Waals surface area (Å²) >= 11 is 0. The van der Waals surface area contributed by atoms with Crippen LogP contribution < -0.4 is 0 Å². The predicted octanol–water partition coefficient (Wildman–Crippen LogP) is 3.91.